The predicted molar refractivity (Wildman–Crippen MR) is 124 cm³/mol. The minimum Gasteiger partial charge on any atom is -0.313 e. The van der Waals surface area contributed by atoms with Crippen molar-refractivity contribution in [1.29, 1.82) is 0 Å². The molecule has 2 aromatic heterocycles. The minimum atomic E-state index is -4.85. The van der Waals surface area contributed by atoms with Crippen LogP contribution in [0, 0.1) is 27.3 Å². The molecule has 4 rings (SSSR count). The van der Waals surface area contributed by atoms with Gasteiger partial charge >= 0.3 is 6.18 Å². The molecule has 0 spiro atoms. The Morgan fingerprint density at radius 1 is 1.03 bits per heavy atom. The van der Waals surface area contributed by atoms with Crippen LogP contribution in [0.4, 0.5) is 18.9 Å². The van der Waals surface area contributed by atoms with Crippen molar-refractivity contribution in [3.63, 3.8) is 0 Å². The van der Waals surface area contributed by atoms with Gasteiger partial charge in [-0.2, -0.15) is 18.3 Å². The van der Waals surface area contributed by atoms with Crippen molar-refractivity contribution in [2.24, 2.45) is 0 Å². The van der Waals surface area contributed by atoms with Gasteiger partial charge in [0.25, 0.3) is 11.2 Å². The van der Waals surface area contributed by atoms with Crippen LogP contribution in [0.1, 0.15) is 27.9 Å². The first-order chi connectivity index (χ1) is 16.1. The summed E-state index contributed by atoms with van der Waals surface area (Å²) in [5.41, 5.74) is 1.30. The number of hydrogen-bond donors (Lipinski definition) is 0. The second kappa shape index (κ2) is 8.67. The van der Waals surface area contributed by atoms with E-state index in [1.165, 1.54) is 10.8 Å². The highest BCUT2D eigenvalue weighted by molar-refractivity contribution is 5.68. The van der Waals surface area contributed by atoms with E-state index in [-0.39, 0.29) is 12.2 Å². The van der Waals surface area contributed by atoms with Crippen LogP contribution in [0.25, 0.3) is 21.8 Å². The summed E-state index contributed by atoms with van der Waals surface area (Å²) < 4.78 is 44.4. The Balaban J connectivity index is 1.99. The van der Waals surface area contributed by atoms with E-state index in [1.54, 1.807) is 11.6 Å². The Morgan fingerprint density at radius 3 is 2.35 bits per heavy atom. The molecule has 0 aliphatic carbocycles. The van der Waals surface area contributed by atoms with Crippen molar-refractivity contribution >= 4 is 5.69 Å². The summed E-state index contributed by atoms with van der Waals surface area (Å²) in [5.74, 6) is 0. The van der Waals surface area contributed by atoms with Gasteiger partial charge < -0.3 is 4.57 Å². The SMILES string of the molecule is [C-]#[N+]c1c(C(F)(F)F)cc(-c2cnn(-c3ccccc3)c2C)n(Cc2ccc(C)cc2C)c1=O. The summed E-state index contributed by atoms with van der Waals surface area (Å²) in [7, 11) is 0. The fourth-order valence-electron chi connectivity index (χ4n) is 4.02. The van der Waals surface area contributed by atoms with E-state index in [4.69, 9.17) is 6.57 Å². The molecule has 0 fully saturated rings. The lowest BCUT2D eigenvalue weighted by molar-refractivity contribution is -0.136. The molecular formula is C26H21F3N4O. The number of rotatable bonds is 4. The standard InChI is InChI=1S/C26H21F3N4O/c1-16-10-11-19(17(2)12-16)15-32-23(13-22(26(27,28)29)24(30-4)25(32)34)21-14-31-33(18(21)3)20-8-6-5-7-9-20/h5-14H,15H2,1-3H3. The van der Waals surface area contributed by atoms with Gasteiger partial charge in [0, 0.05) is 5.56 Å². The Morgan fingerprint density at radius 2 is 1.74 bits per heavy atom. The zero-order chi connectivity index (χ0) is 24.6. The molecule has 0 bridgehead atoms. The van der Waals surface area contributed by atoms with Crippen molar-refractivity contribution in [1.82, 2.24) is 14.3 Å². The fraction of sp³-hybridized carbons (Fsp3) is 0.192. The van der Waals surface area contributed by atoms with Crippen LogP contribution < -0.4 is 5.56 Å². The smallest absolute Gasteiger partial charge is 0.313 e. The van der Waals surface area contributed by atoms with Crippen LogP contribution in [0.5, 0.6) is 0 Å². The van der Waals surface area contributed by atoms with Gasteiger partial charge in [-0.15, -0.1) is 0 Å². The first kappa shape index (κ1) is 23.1. The lowest BCUT2D eigenvalue weighted by Crippen LogP contribution is -2.25. The zero-order valence-electron chi connectivity index (χ0n) is 18.8. The fourth-order valence-corrected chi connectivity index (χ4v) is 4.02. The third-order valence-electron chi connectivity index (χ3n) is 5.80. The molecule has 2 aromatic carbocycles. The molecule has 5 nitrogen and oxygen atoms in total. The zero-order valence-corrected chi connectivity index (χ0v) is 18.8. The molecular weight excluding hydrogens is 441 g/mol. The number of hydrogen-bond acceptors (Lipinski definition) is 2. The Hall–Kier alpha value is -4.12. The average Bonchev–Trinajstić information content (AvgIpc) is 3.17. The topological polar surface area (TPSA) is 44.2 Å². The van der Waals surface area contributed by atoms with Gasteiger partial charge in [0.15, 0.2) is 0 Å². The summed E-state index contributed by atoms with van der Waals surface area (Å²) in [4.78, 5) is 16.2. The first-order valence-corrected chi connectivity index (χ1v) is 10.5. The summed E-state index contributed by atoms with van der Waals surface area (Å²) in [6.07, 6.45) is -3.40. The largest absolute Gasteiger partial charge is 0.407 e. The number of benzene rings is 2. The highest BCUT2D eigenvalue weighted by Gasteiger charge is 2.37. The first-order valence-electron chi connectivity index (χ1n) is 10.5. The average molecular weight is 462 g/mol. The molecule has 0 aliphatic rings. The van der Waals surface area contributed by atoms with E-state index in [2.05, 4.69) is 9.94 Å². The molecule has 0 radical (unpaired) electrons. The van der Waals surface area contributed by atoms with E-state index in [0.29, 0.717) is 11.3 Å². The summed E-state index contributed by atoms with van der Waals surface area (Å²) in [6, 6.07) is 15.7. The maximum atomic E-state index is 13.8. The molecule has 0 saturated heterocycles. The predicted octanol–water partition coefficient (Wildman–Crippen LogP) is 6.24. The van der Waals surface area contributed by atoms with Crippen molar-refractivity contribution in [2.75, 3.05) is 0 Å². The van der Waals surface area contributed by atoms with Crippen molar-refractivity contribution < 1.29 is 13.2 Å². The quantitative estimate of drug-likeness (QED) is 0.337. The number of aryl methyl sites for hydroxylation is 2. The van der Waals surface area contributed by atoms with Crippen LogP contribution in [-0.4, -0.2) is 14.3 Å². The highest BCUT2D eigenvalue weighted by Crippen LogP contribution is 2.38. The third kappa shape index (κ3) is 4.13. The van der Waals surface area contributed by atoms with E-state index in [0.717, 1.165) is 28.4 Å². The van der Waals surface area contributed by atoms with Crippen LogP contribution >= 0.6 is 0 Å². The van der Waals surface area contributed by atoms with Gasteiger partial charge in [0.05, 0.1) is 42.0 Å². The summed E-state index contributed by atoms with van der Waals surface area (Å²) >= 11 is 0. The lowest BCUT2D eigenvalue weighted by atomic mass is 10.0. The molecule has 0 atom stereocenters. The lowest BCUT2D eigenvalue weighted by Gasteiger charge is -2.19. The van der Waals surface area contributed by atoms with Gasteiger partial charge in [0.2, 0.25) is 0 Å². The Bertz CT molecular complexity index is 1480. The Kier molecular flexibility index (Phi) is 5.88. The minimum absolute atomic E-state index is 0.0247. The molecule has 34 heavy (non-hydrogen) atoms. The number of para-hydroxylation sites is 1. The summed E-state index contributed by atoms with van der Waals surface area (Å²) in [5, 5.41) is 4.36. The van der Waals surface area contributed by atoms with Crippen molar-refractivity contribution in [3.05, 3.63) is 111 Å². The summed E-state index contributed by atoms with van der Waals surface area (Å²) in [6.45, 7) is 12.9. The van der Waals surface area contributed by atoms with Gasteiger partial charge in [-0.05, 0) is 50.1 Å². The Labute approximate surface area is 194 Å². The maximum Gasteiger partial charge on any atom is 0.407 e. The van der Waals surface area contributed by atoms with E-state index in [9.17, 15) is 18.0 Å². The van der Waals surface area contributed by atoms with Crippen LogP contribution in [0.2, 0.25) is 0 Å². The number of halogens is 3. The molecule has 4 aromatic rings. The maximum absolute atomic E-state index is 13.8. The molecule has 0 amide bonds. The van der Waals surface area contributed by atoms with Crippen molar-refractivity contribution in [2.45, 2.75) is 33.5 Å². The molecule has 172 valence electrons. The second-order valence-electron chi connectivity index (χ2n) is 8.11. The monoisotopic (exact) mass is 462 g/mol. The van der Waals surface area contributed by atoms with E-state index in [1.807, 2.05) is 62.4 Å². The van der Waals surface area contributed by atoms with Crippen LogP contribution in [-0.2, 0) is 12.7 Å². The van der Waals surface area contributed by atoms with Crippen molar-refractivity contribution in [3.8, 4) is 16.9 Å². The second-order valence-corrected chi connectivity index (χ2v) is 8.11. The van der Waals surface area contributed by atoms with Gasteiger partial charge in [-0.1, -0.05) is 42.0 Å². The van der Waals surface area contributed by atoms with Crippen LogP contribution in [0.3, 0.4) is 0 Å². The van der Waals surface area contributed by atoms with Crippen LogP contribution in [0.15, 0.2) is 65.6 Å². The molecule has 0 aliphatic heterocycles. The number of pyridine rings is 1. The van der Waals surface area contributed by atoms with E-state index < -0.39 is 23.0 Å². The van der Waals surface area contributed by atoms with E-state index >= 15 is 0 Å². The molecule has 0 N–H and O–H groups in total. The van der Waals surface area contributed by atoms with Gasteiger partial charge in [0.1, 0.15) is 0 Å². The van der Waals surface area contributed by atoms with Gasteiger partial charge in [-0.25, -0.2) is 9.53 Å². The number of aromatic nitrogens is 3. The molecule has 0 unspecified atom stereocenters. The molecule has 0 saturated carbocycles. The number of alkyl halides is 3. The van der Waals surface area contributed by atoms with Gasteiger partial charge in [-0.3, -0.25) is 4.79 Å². The highest BCUT2D eigenvalue weighted by atomic mass is 19.4. The molecule has 8 heteroatoms. The normalized spacial score (nSPS) is 11.4. The third-order valence-corrected chi connectivity index (χ3v) is 5.80. The number of nitrogens with zero attached hydrogens (tertiary/aromatic N) is 4. The molecule has 2 heterocycles.